The fourth-order valence-electron chi connectivity index (χ4n) is 5.60. The summed E-state index contributed by atoms with van der Waals surface area (Å²) in [6, 6.07) is 11.7. The van der Waals surface area contributed by atoms with Crippen LogP contribution in [0.2, 0.25) is 0 Å². The van der Waals surface area contributed by atoms with Crippen molar-refractivity contribution in [1.82, 2.24) is 19.6 Å². The lowest BCUT2D eigenvalue weighted by atomic mass is 9.76. The summed E-state index contributed by atoms with van der Waals surface area (Å²) in [7, 11) is 0. The van der Waals surface area contributed by atoms with E-state index >= 15 is 0 Å². The van der Waals surface area contributed by atoms with Crippen LogP contribution in [0.3, 0.4) is 0 Å². The fraction of sp³-hybridized carbons (Fsp3) is 0.346. The molecule has 4 aromatic rings. The molecule has 1 spiro atoms. The number of halogens is 1. The summed E-state index contributed by atoms with van der Waals surface area (Å²) < 4.78 is 16.8. The van der Waals surface area contributed by atoms with Crippen molar-refractivity contribution in [3.8, 4) is 11.3 Å². The Morgan fingerprint density at radius 1 is 0.969 bits per heavy atom. The molecule has 0 radical (unpaired) electrons. The first kappa shape index (κ1) is 19.4. The van der Waals surface area contributed by atoms with E-state index in [9.17, 15) is 4.39 Å². The van der Waals surface area contributed by atoms with Gasteiger partial charge in [-0.3, -0.25) is 4.98 Å². The maximum atomic E-state index is 15.0. The average molecular weight is 428 g/mol. The Hall–Kier alpha value is -3.28. The van der Waals surface area contributed by atoms with Crippen molar-refractivity contribution < 1.29 is 4.39 Å². The van der Waals surface area contributed by atoms with E-state index in [1.165, 1.54) is 11.3 Å². The van der Waals surface area contributed by atoms with E-state index in [0.717, 1.165) is 61.5 Å². The second kappa shape index (κ2) is 7.12. The molecule has 1 aromatic carbocycles. The van der Waals surface area contributed by atoms with Gasteiger partial charge in [-0.25, -0.2) is 13.9 Å². The summed E-state index contributed by atoms with van der Waals surface area (Å²) in [5.41, 5.74) is 6.63. The van der Waals surface area contributed by atoms with E-state index in [1.54, 1.807) is 19.2 Å². The first-order valence-corrected chi connectivity index (χ1v) is 11.3. The molecule has 6 heteroatoms. The quantitative estimate of drug-likeness (QED) is 0.455. The lowest BCUT2D eigenvalue weighted by Crippen LogP contribution is -2.41. The Bertz CT molecular complexity index is 1310. The average Bonchev–Trinajstić information content (AvgIpc) is 3.41. The van der Waals surface area contributed by atoms with Crippen LogP contribution in [0.25, 0.3) is 16.8 Å². The molecule has 0 saturated carbocycles. The predicted molar refractivity (Wildman–Crippen MR) is 123 cm³/mol. The minimum absolute atomic E-state index is 0.212. The van der Waals surface area contributed by atoms with Crippen molar-refractivity contribution in [3.63, 3.8) is 0 Å². The van der Waals surface area contributed by atoms with Gasteiger partial charge in [0.15, 0.2) is 5.82 Å². The zero-order valence-electron chi connectivity index (χ0n) is 18.5. The molecule has 0 unspecified atom stereocenters. The van der Waals surface area contributed by atoms with Crippen LogP contribution in [0.15, 0.2) is 48.8 Å². The van der Waals surface area contributed by atoms with Gasteiger partial charge >= 0.3 is 0 Å². The number of hydrogen-bond donors (Lipinski definition) is 0. The third-order valence-corrected chi connectivity index (χ3v) is 7.36. The fourth-order valence-corrected chi connectivity index (χ4v) is 5.60. The maximum absolute atomic E-state index is 15.0. The number of hydrogen-bond acceptors (Lipinski definition) is 4. The van der Waals surface area contributed by atoms with Crippen LogP contribution in [-0.4, -0.2) is 32.7 Å². The van der Waals surface area contributed by atoms with Crippen LogP contribution in [0, 0.1) is 25.1 Å². The Morgan fingerprint density at radius 3 is 2.62 bits per heavy atom. The molecule has 0 N–H and O–H groups in total. The molecule has 0 atom stereocenters. The maximum Gasteiger partial charge on any atom is 0.155 e. The topological polar surface area (TPSA) is 46.3 Å². The van der Waals surface area contributed by atoms with Gasteiger partial charge in [0.2, 0.25) is 0 Å². The molecule has 4 heterocycles. The standard InChI is InChI=1S/C26H26FN5/c1-17-5-3-7-20(23(17)27)24-18(2)30-25(22-8-12-29-32(22)24)31-13-9-26(10-14-31)15-19-6-4-11-28-21(19)16-26/h3-8,11-12H,9-10,13-16H2,1-2H3. The molecule has 6 rings (SSSR count). The Balaban J connectivity index is 1.34. The van der Waals surface area contributed by atoms with Crippen molar-refractivity contribution in [2.45, 2.75) is 39.5 Å². The third kappa shape index (κ3) is 2.93. The second-order valence-electron chi connectivity index (χ2n) is 9.38. The lowest BCUT2D eigenvalue weighted by molar-refractivity contribution is 0.231. The lowest BCUT2D eigenvalue weighted by Gasteiger charge is -2.40. The minimum atomic E-state index is -0.212. The monoisotopic (exact) mass is 427 g/mol. The van der Waals surface area contributed by atoms with Gasteiger partial charge in [0.25, 0.3) is 0 Å². The molecule has 1 aliphatic carbocycles. The largest absolute Gasteiger partial charge is 0.355 e. The summed E-state index contributed by atoms with van der Waals surface area (Å²) in [5.74, 6) is 0.733. The van der Waals surface area contributed by atoms with Crippen molar-refractivity contribution in [2.75, 3.05) is 18.0 Å². The third-order valence-electron chi connectivity index (χ3n) is 7.36. The van der Waals surface area contributed by atoms with Crippen LogP contribution in [0.4, 0.5) is 10.2 Å². The first-order valence-electron chi connectivity index (χ1n) is 11.3. The Kier molecular flexibility index (Phi) is 4.32. The van der Waals surface area contributed by atoms with Gasteiger partial charge < -0.3 is 4.90 Å². The van der Waals surface area contributed by atoms with Crippen LogP contribution in [0.1, 0.15) is 35.4 Å². The van der Waals surface area contributed by atoms with Gasteiger partial charge in [-0.1, -0.05) is 18.2 Å². The van der Waals surface area contributed by atoms with Gasteiger partial charge in [-0.05, 0) is 74.3 Å². The molecule has 3 aromatic heterocycles. The summed E-state index contributed by atoms with van der Waals surface area (Å²) >= 11 is 0. The van der Waals surface area contributed by atoms with E-state index in [1.807, 2.05) is 35.8 Å². The first-order chi connectivity index (χ1) is 15.5. The summed E-state index contributed by atoms with van der Waals surface area (Å²) in [4.78, 5) is 12.0. The molecule has 1 fully saturated rings. The molecular weight excluding hydrogens is 401 g/mol. The molecule has 2 aliphatic rings. The number of pyridine rings is 1. The number of benzene rings is 1. The van der Waals surface area contributed by atoms with Crippen molar-refractivity contribution in [3.05, 3.63) is 77.1 Å². The molecule has 32 heavy (non-hydrogen) atoms. The van der Waals surface area contributed by atoms with Gasteiger partial charge in [-0.2, -0.15) is 5.10 Å². The molecule has 162 valence electrons. The Labute approximate surface area is 186 Å². The van der Waals surface area contributed by atoms with Crippen molar-refractivity contribution >= 4 is 11.3 Å². The van der Waals surface area contributed by atoms with Gasteiger partial charge in [0.1, 0.15) is 11.3 Å². The van der Waals surface area contributed by atoms with Gasteiger partial charge in [0, 0.05) is 30.5 Å². The van der Waals surface area contributed by atoms with Crippen molar-refractivity contribution in [1.29, 1.82) is 0 Å². The highest BCUT2D eigenvalue weighted by Crippen LogP contribution is 2.45. The minimum Gasteiger partial charge on any atom is -0.355 e. The van der Waals surface area contributed by atoms with Crippen LogP contribution < -0.4 is 4.90 Å². The zero-order chi connectivity index (χ0) is 21.9. The zero-order valence-corrected chi connectivity index (χ0v) is 18.5. The van der Waals surface area contributed by atoms with Gasteiger partial charge in [0.05, 0.1) is 17.6 Å². The van der Waals surface area contributed by atoms with E-state index in [0.29, 0.717) is 16.5 Å². The van der Waals surface area contributed by atoms with Crippen LogP contribution in [-0.2, 0) is 12.8 Å². The Morgan fingerprint density at radius 2 is 1.81 bits per heavy atom. The molecule has 1 saturated heterocycles. The van der Waals surface area contributed by atoms with Crippen molar-refractivity contribution in [2.24, 2.45) is 5.41 Å². The number of anilines is 1. The van der Waals surface area contributed by atoms with E-state index in [-0.39, 0.29) is 5.82 Å². The molecule has 1 aliphatic heterocycles. The number of piperidine rings is 1. The predicted octanol–water partition coefficient (Wildman–Crippen LogP) is 4.93. The summed E-state index contributed by atoms with van der Waals surface area (Å²) in [5, 5.41) is 4.56. The molecule has 5 nitrogen and oxygen atoms in total. The highest BCUT2D eigenvalue weighted by molar-refractivity contribution is 5.76. The van der Waals surface area contributed by atoms with Crippen LogP contribution in [0.5, 0.6) is 0 Å². The molecule has 0 bridgehead atoms. The number of nitrogens with zero attached hydrogens (tertiary/aromatic N) is 5. The highest BCUT2D eigenvalue weighted by atomic mass is 19.1. The number of fused-ring (bicyclic) bond motifs is 2. The number of rotatable bonds is 2. The van der Waals surface area contributed by atoms with E-state index in [2.05, 4.69) is 27.1 Å². The number of aromatic nitrogens is 4. The normalized spacial score (nSPS) is 17.3. The summed E-state index contributed by atoms with van der Waals surface area (Å²) in [6.07, 6.45) is 8.15. The number of aryl methyl sites for hydroxylation is 2. The van der Waals surface area contributed by atoms with Gasteiger partial charge in [-0.15, -0.1) is 0 Å². The van der Waals surface area contributed by atoms with E-state index in [4.69, 9.17) is 4.98 Å². The molecular formula is C26H26FN5. The smallest absolute Gasteiger partial charge is 0.155 e. The van der Waals surface area contributed by atoms with Crippen LogP contribution >= 0.6 is 0 Å². The molecule has 0 amide bonds. The second-order valence-corrected chi connectivity index (χ2v) is 9.38. The highest BCUT2D eigenvalue weighted by Gasteiger charge is 2.41. The van der Waals surface area contributed by atoms with E-state index < -0.39 is 0 Å². The summed E-state index contributed by atoms with van der Waals surface area (Å²) in [6.45, 7) is 5.65. The SMILES string of the molecule is Cc1cccc(-c2c(C)nc(N3CCC4(CC3)Cc3cccnc3C4)c3ccnn23)c1F.